The molecule has 0 radical (unpaired) electrons. The Balaban J connectivity index is 1.66. The maximum Gasteiger partial charge on any atom is 0.171 e. The lowest BCUT2D eigenvalue weighted by atomic mass is 10.0. The van der Waals surface area contributed by atoms with Crippen LogP contribution in [0.25, 0.3) is 10.8 Å². The van der Waals surface area contributed by atoms with Crippen LogP contribution in [0.15, 0.2) is 66.7 Å². The van der Waals surface area contributed by atoms with E-state index in [4.69, 9.17) is 23.8 Å². The zero-order chi connectivity index (χ0) is 15.4. The van der Waals surface area contributed by atoms with E-state index in [1.165, 1.54) is 16.3 Å². The summed E-state index contributed by atoms with van der Waals surface area (Å²) in [4.78, 5) is 0. The molecule has 3 aromatic carbocycles. The van der Waals surface area contributed by atoms with E-state index < -0.39 is 0 Å². The molecular weight excluding hydrogens is 312 g/mol. The van der Waals surface area contributed by atoms with Crippen LogP contribution < -0.4 is 10.6 Å². The largest absolute Gasteiger partial charge is 0.358 e. The van der Waals surface area contributed by atoms with Gasteiger partial charge in [0.25, 0.3) is 0 Å². The van der Waals surface area contributed by atoms with Crippen molar-refractivity contribution in [2.75, 3.05) is 5.32 Å². The Morgan fingerprint density at radius 2 is 1.64 bits per heavy atom. The van der Waals surface area contributed by atoms with Crippen molar-refractivity contribution in [2.45, 2.75) is 6.54 Å². The first-order valence-electron chi connectivity index (χ1n) is 6.99. The molecule has 0 fully saturated rings. The number of halogens is 1. The van der Waals surface area contributed by atoms with Crippen LogP contribution in [0.4, 0.5) is 5.69 Å². The van der Waals surface area contributed by atoms with Crippen LogP contribution in [-0.2, 0) is 6.54 Å². The number of hydrogen-bond donors (Lipinski definition) is 2. The highest BCUT2D eigenvalue weighted by Crippen LogP contribution is 2.18. The Hall–Kier alpha value is -2.10. The smallest absolute Gasteiger partial charge is 0.171 e. The van der Waals surface area contributed by atoms with Gasteiger partial charge in [0.15, 0.2) is 5.11 Å². The molecule has 0 heterocycles. The van der Waals surface area contributed by atoms with Gasteiger partial charge in [-0.1, -0.05) is 54.1 Å². The minimum atomic E-state index is 0.593. The number of hydrogen-bond acceptors (Lipinski definition) is 1. The summed E-state index contributed by atoms with van der Waals surface area (Å²) in [6.07, 6.45) is 0. The minimum absolute atomic E-state index is 0.593. The molecule has 0 amide bonds. The highest BCUT2D eigenvalue weighted by molar-refractivity contribution is 7.80. The molecule has 110 valence electrons. The Bertz CT molecular complexity index is 794. The normalized spacial score (nSPS) is 10.4. The van der Waals surface area contributed by atoms with Gasteiger partial charge in [-0.25, -0.2) is 0 Å². The Labute approximate surface area is 140 Å². The van der Waals surface area contributed by atoms with E-state index in [9.17, 15) is 0 Å². The van der Waals surface area contributed by atoms with Gasteiger partial charge in [0.1, 0.15) is 0 Å². The van der Waals surface area contributed by atoms with E-state index in [-0.39, 0.29) is 0 Å². The molecule has 2 nitrogen and oxygen atoms in total. The standard InChI is InChI=1S/C18H15ClN2S/c19-15-8-10-16(11-9-15)21-18(22)20-12-14-6-3-5-13-4-1-2-7-17(13)14/h1-11H,12H2,(H2,20,21,22). The van der Waals surface area contributed by atoms with Crippen molar-refractivity contribution >= 4 is 45.4 Å². The van der Waals surface area contributed by atoms with Crippen LogP contribution >= 0.6 is 23.8 Å². The predicted octanol–water partition coefficient (Wildman–Crippen LogP) is 4.98. The van der Waals surface area contributed by atoms with Crippen LogP contribution in [0.3, 0.4) is 0 Å². The predicted molar refractivity (Wildman–Crippen MR) is 98.5 cm³/mol. The van der Waals surface area contributed by atoms with Crippen LogP contribution in [-0.4, -0.2) is 5.11 Å². The fourth-order valence-corrected chi connectivity index (χ4v) is 2.65. The quantitative estimate of drug-likeness (QED) is 0.664. The van der Waals surface area contributed by atoms with E-state index in [1.54, 1.807) is 0 Å². The summed E-state index contributed by atoms with van der Waals surface area (Å²) in [5.74, 6) is 0. The average Bonchev–Trinajstić information content (AvgIpc) is 2.55. The van der Waals surface area contributed by atoms with Crippen molar-refractivity contribution < 1.29 is 0 Å². The molecule has 0 spiro atoms. The maximum absolute atomic E-state index is 5.87. The molecule has 2 N–H and O–H groups in total. The van der Waals surface area contributed by atoms with Gasteiger partial charge < -0.3 is 10.6 Å². The molecule has 0 saturated heterocycles. The van der Waals surface area contributed by atoms with Crippen LogP contribution in [0.5, 0.6) is 0 Å². The fraction of sp³-hybridized carbons (Fsp3) is 0.0556. The van der Waals surface area contributed by atoms with E-state index in [0.717, 1.165) is 5.69 Å². The number of anilines is 1. The van der Waals surface area contributed by atoms with Gasteiger partial charge in [-0.15, -0.1) is 0 Å². The molecule has 22 heavy (non-hydrogen) atoms. The van der Waals surface area contributed by atoms with E-state index in [1.807, 2.05) is 30.3 Å². The summed E-state index contributed by atoms with van der Waals surface area (Å²) in [5, 5.41) is 10.2. The van der Waals surface area contributed by atoms with Gasteiger partial charge in [0.05, 0.1) is 0 Å². The summed E-state index contributed by atoms with van der Waals surface area (Å²) in [6, 6.07) is 22.1. The molecule has 3 rings (SSSR count). The SMILES string of the molecule is S=C(NCc1cccc2ccccc12)Nc1ccc(Cl)cc1. The zero-order valence-electron chi connectivity index (χ0n) is 11.8. The third-order valence-corrected chi connectivity index (χ3v) is 3.92. The molecular formula is C18H15ClN2S. The second-order valence-electron chi connectivity index (χ2n) is 4.95. The molecule has 0 bridgehead atoms. The Kier molecular flexibility index (Phi) is 4.56. The minimum Gasteiger partial charge on any atom is -0.358 e. The van der Waals surface area contributed by atoms with Crippen molar-refractivity contribution in [2.24, 2.45) is 0 Å². The summed E-state index contributed by atoms with van der Waals surface area (Å²) >= 11 is 11.2. The summed E-state index contributed by atoms with van der Waals surface area (Å²) in [5.41, 5.74) is 2.14. The average molecular weight is 327 g/mol. The van der Waals surface area contributed by atoms with Crippen molar-refractivity contribution in [1.82, 2.24) is 5.32 Å². The number of nitrogens with one attached hydrogen (secondary N) is 2. The molecule has 0 aliphatic carbocycles. The van der Waals surface area contributed by atoms with Gasteiger partial charge in [-0.05, 0) is 52.8 Å². The summed E-state index contributed by atoms with van der Waals surface area (Å²) in [7, 11) is 0. The first-order valence-corrected chi connectivity index (χ1v) is 7.78. The number of benzene rings is 3. The number of thiocarbonyl (C=S) groups is 1. The molecule has 4 heteroatoms. The van der Waals surface area contributed by atoms with E-state index in [2.05, 4.69) is 47.0 Å². The number of fused-ring (bicyclic) bond motifs is 1. The van der Waals surface area contributed by atoms with E-state index in [0.29, 0.717) is 16.7 Å². The van der Waals surface area contributed by atoms with Gasteiger partial charge in [0.2, 0.25) is 0 Å². The summed E-state index contributed by atoms with van der Waals surface area (Å²) in [6.45, 7) is 0.681. The monoisotopic (exact) mass is 326 g/mol. The molecule has 0 aliphatic heterocycles. The number of rotatable bonds is 3. The van der Waals surface area contributed by atoms with Gasteiger partial charge in [0, 0.05) is 17.3 Å². The van der Waals surface area contributed by atoms with Gasteiger partial charge in [-0.2, -0.15) is 0 Å². The Morgan fingerprint density at radius 3 is 2.45 bits per heavy atom. The third kappa shape index (κ3) is 3.56. The van der Waals surface area contributed by atoms with Crippen molar-refractivity contribution in [3.05, 3.63) is 77.3 Å². The zero-order valence-corrected chi connectivity index (χ0v) is 13.4. The molecule has 0 aromatic heterocycles. The summed E-state index contributed by atoms with van der Waals surface area (Å²) < 4.78 is 0. The lowest BCUT2D eigenvalue weighted by molar-refractivity contribution is 0.934. The highest BCUT2D eigenvalue weighted by Gasteiger charge is 2.02. The van der Waals surface area contributed by atoms with Crippen molar-refractivity contribution in [1.29, 1.82) is 0 Å². The van der Waals surface area contributed by atoms with Gasteiger partial charge in [-0.3, -0.25) is 0 Å². The lowest BCUT2D eigenvalue weighted by Crippen LogP contribution is -2.27. The third-order valence-electron chi connectivity index (χ3n) is 3.42. The highest BCUT2D eigenvalue weighted by atomic mass is 35.5. The molecule has 3 aromatic rings. The lowest BCUT2D eigenvalue weighted by Gasteiger charge is -2.12. The van der Waals surface area contributed by atoms with Crippen LogP contribution in [0.2, 0.25) is 5.02 Å². The molecule has 0 unspecified atom stereocenters. The van der Waals surface area contributed by atoms with Crippen LogP contribution in [0.1, 0.15) is 5.56 Å². The first kappa shape index (κ1) is 14.8. The fourth-order valence-electron chi connectivity index (χ4n) is 2.33. The Morgan fingerprint density at radius 1 is 0.909 bits per heavy atom. The topological polar surface area (TPSA) is 24.1 Å². The van der Waals surface area contributed by atoms with Crippen molar-refractivity contribution in [3.63, 3.8) is 0 Å². The molecule has 0 aliphatic rings. The van der Waals surface area contributed by atoms with Crippen LogP contribution in [0, 0.1) is 0 Å². The maximum atomic E-state index is 5.87. The molecule has 0 saturated carbocycles. The van der Waals surface area contributed by atoms with Gasteiger partial charge >= 0.3 is 0 Å². The van der Waals surface area contributed by atoms with E-state index >= 15 is 0 Å². The second-order valence-corrected chi connectivity index (χ2v) is 5.80. The first-order chi connectivity index (χ1) is 10.7. The second kappa shape index (κ2) is 6.77. The van der Waals surface area contributed by atoms with Crippen molar-refractivity contribution in [3.8, 4) is 0 Å². The molecule has 0 atom stereocenters.